The van der Waals surface area contributed by atoms with Gasteiger partial charge in [-0.2, -0.15) is 0 Å². The van der Waals surface area contributed by atoms with Crippen LogP contribution in [0.3, 0.4) is 0 Å². The first-order chi connectivity index (χ1) is 4.63. The standard InChI is InChI=1S/C7H16B2P/c1-4-10(5-2,6-8)7(3)9/h7H,4-6H2,1-3H3/q+1. The summed E-state index contributed by atoms with van der Waals surface area (Å²) in [5.74, 6) is 0. The Balaban J connectivity index is 4.15. The van der Waals surface area contributed by atoms with Crippen LogP contribution in [0, 0.1) is 0 Å². The highest BCUT2D eigenvalue weighted by molar-refractivity contribution is 7.78. The zero-order valence-electron chi connectivity index (χ0n) is 7.30. The molecule has 54 valence electrons. The monoisotopic (exact) mass is 153 g/mol. The lowest BCUT2D eigenvalue weighted by atomic mass is 10.1. The van der Waals surface area contributed by atoms with Crippen molar-refractivity contribution in [2.24, 2.45) is 0 Å². The summed E-state index contributed by atoms with van der Waals surface area (Å²) in [6.45, 7) is 6.49. The fourth-order valence-corrected chi connectivity index (χ4v) is 3.67. The normalized spacial score (nSPS) is 15.1. The van der Waals surface area contributed by atoms with E-state index in [9.17, 15) is 0 Å². The molecular weight excluding hydrogens is 137 g/mol. The van der Waals surface area contributed by atoms with Crippen LogP contribution in [0.1, 0.15) is 20.8 Å². The van der Waals surface area contributed by atoms with E-state index in [4.69, 9.17) is 15.7 Å². The highest BCUT2D eigenvalue weighted by Crippen LogP contribution is 2.60. The maximum atomic E-state index is 5.87. The molecule has 0 bridgehead atoms. The van der Waals surface area contributed by atoms with Gasteiger partial charge in [-0.1, -0.05) is 0 Å². The maximum absolute atomic E-state index is 5.87. The molecule has 0 heterocycles. The van der Waals surface area contributed by atoms with E-state index >= 15 is 0 Å². The first kappa shape index (κ1) is 10.6. The zero-order valence-corrected chi connectivity index (χ0v) is 8.20. The van der Waals surface area contributed by atoms with Crippen molar-refractivity contribution in [3.05, 3.63) is 0 Å². The second kappa shape index (κ2) is 4.44. The van der Waals surface area contributed by atoms with Crippen molar-refractivity contribution >= 4 is 23.0 Å². The van der Waals surface area contributed by atoms with Crippen LogP contribution in [0.4, 0.5) is 0 Å². The van der Waals surface area contributed by atoms with Gasteiger partial charge in [0.25, 0.3) is 0 Å². The van der Waals surface area contributed by atoms with E-state index in [1.807, 2.05) is 0 Å². The van der Waals surface area contributed by atoms with Crippen molar-refractivity contribution in [2.75, 3.05) is 18.4 Å². The molecular formula is C7H16B2P+. The summed E-state index contributed by atoms with van der Waals surface area (Å²) in [6.07, 6.45) is 2.38. The lowest BCUT2D eigenvalue weighted by molar-refractivity contribution is 1.24. The maximum Gasteiger partial charge on any atom is 0.126 e. The van der Waals surface area contributed by atoms with Gasteiger partial charge >= 0.3 is 0 Å². The Morgan fingerprint density at radius 3 is 1.70 bits per heavy atom. The molecule has 1 atom stereocenters. The fourth-order valence-electron chi connectivity index (χ4n) is 1.22. The molecule has 0 aromatic heterocycles. The molecule has 0 aliphatic rings. The van der Waals surface area contributed by atoms with Crippen LogP contribution in [0.5, 0.6) is 0 Å². The second-order valence-electron chi connectivity index (χ2n) is 2.77. The van der Waals surface area contributed by atoms with Crippen LogP contribution in [-0.4, -0.2) is 39.6 Å². The molecule has 0 fully saturated rings. The molecule has 0 aromatic carbocycles. The van der Waals surface area contributed by atoms with Crippen LogP contribution in [0.2, 0.25) is 0 Å². The lowest BCUT2D eigenvalue weighted by Crippen LogP contribution is -2.17. The van der Waals surface area contributed by atoms with Gasteiger partial charge in [0, 0.05) is 11.6 Å². The van der Waals surface area contributed by atoms with E-state index in [0.717, 1.165) is 6.06 Å². The van der Waals surface area contributed by atoms with E-state index in [1.165, 1.54) is 12.3 Å². The van der Waals surface area contributed by atoms with Crippen LogP contribution in [0.15, 0.2) is 0 Å². The molecule has 0 nitrogen and oxygen atoms in total. The first-order valence-corrected chi connectivity index (χ1v) is 6.35. The molecule has 0 saturated carbocycles. The molecule has 0 rings (SSSR count). The third-order valence-electron chi connectivity index (χ3n) is 2.49. The van der Waals surface area contributed by atoms with E-state index in [-0.39, 0.29) is 0 Å². The number of hydrogen-bond acceptors (Lipinski definition) is 0. The average Bonchev–Trinajstić information content (AvgIpc) is 1.92. The topological polar surface area (TPSA) is 0 Å². The van der Waals surface area contributed by atoms with Crippen molar-refractivity contribution in [1.29, 1.82) is 0 Å². The quantitative estimate of drug-likeness (QED) is 0.425. The van der Waals surface area contributed by atoms with Crippen LogP contribution in [0.25, 0.3) is 0 Å². The second-order valence-corrected chi connectivity index (χ2v) is 7.66. The first-order valence-electron chi connectivity index (χ1n) is 3.94. The van der Waals surface area contributed by atoms with Crippen molar-refractivity contribution in [1.82, 2.24) is 0 Å². The van der Waals surface area contributed by atoms with Gasteiger partial charge in [-0.05, 0) is 28.0 Å². The Hall–Kier alpha value is 0.560. The fraction of sp³-hybridized carbons (Fsp3) is 1.00. The summed E-state index contributed by atoms with van der Waals surface area (Å²) in [5.41, 5.74) is 0.326. The van der Waals surface area contributed by atoms with Crippen molar-refractivity contribution in [2.45, 2.75) is 26.3 Å². The van der Waals surface area contributed by atoms with Gasteiger partial charge < -0.3 is 0 Å². The van der Waals surface area contributed by atoms with Crippen molar-refractivity contribution in [3.8, 4) is 0 Å². The minimum atomic E-state index is -0.955. The molecule has 0 saturated heterocycles. The summed E-state index contributed by atoms with van der Waals surface area (Å²) >= 11 is 0. The van der Waals surface area contributed by atoms with Gasteiger partial charge in [-0.25, -0.2) is 0 Å². The summed E-state index contributed by atoms with van der Waals surface area (Å²) < 4.78 is 0. The zero-order chi connectivity index (χ0) is 8.20. The van der Waals surface area contributed by atoms with E-state index in [2.05, 4.69) is 20.8 Å². The minimum Gasteiger partial charge on any atom is -0.0375 e. The largest absolute Gasteiger partial charge is 0.126 e. The third kappa shape index (κ3) is 2.02. The molecule has 3 heteroatoms. The third-order valence-corrected chi connectivity index (χ3v) is 7.46. The molecule has 0 amide bonds. The molecule has 10 heavy (non-hydrogen) atoms. The molecule has 0 spiro atoms. The number of hydrogen-bond donors (Lipinski definition) is 0. The van der Waals surface area contributed by atoms with Gasteiger partial charge in [0.15, 0.2) is 0 Å². The minimum absolute atomic E-state index is 0.326. The molecule has 4 radical (unpaired) electrons. The van der Waals surface area contributed by atoms with E-state index < -0.39 is 7.26 Å². The summed E-state index contributed by atoms with van der Waals surface area (Å²) in [5, 5.41) is 0. The molecule has 0 N–H and O–H groups in total. The predicted octanol–water partition coefficient (Wildman–Crippen LogP) is 1.68. The Bertz CT molecular complexity index is 81.3. The Kier molecular flexibility index (Phi) is 4.69. The molecule has 0 aliphatic carbocycles. The number of rotatable bonds is 4. The highest BCUT2D eigenvalue weighted by atomic mass is 31.2. The van der Waals surface area contributed by atoms with Gasteiger partial charge in [-0.3, -0.25) is 0 Å². The SMILES string of the molecule is [B]C[P+](CC)(CC)C([B])C. The molecule has 1 unspecified atom stereocenters. The highest BCUT2D eigenvalue weighted by Gasteiger charge is 2.33. The van der Waals surface area contributed by atoms with Gasteiger partial charge in [0.2, 0.25) is 0 Å². The van der Waals surface area contributed by atoms with Gasteiger partial charge in [-0.15, -0.1) is 0 Å². The van der Waals surface area contributed by atoms with Crippen LogP contribution < -0.4 is 0 Å². The van der Waals surface area contributed by atoms with E-state index in [1.54, 1.807) is 0 Å². The van der Waals surface area contributed by atoms with Crippen molar-refractivity contribution < 1.29 is 0 Å². The predicted molar refractivity (Wildman–Crippen MR) is 53.8 cm³/mol. The lowest BCUT2D eigenvalue weighted by Gasteiger charge is -2.28. The van der Waals surface area contributed by atoms with E-state index in [0.29, 0.717) is 5.56 Å². The van der Waals surface area contributed by atoms with Crippen LogP contribution in [-0.2, 0) is 0 Å². The smallest absolute Gasteiger partial charge is 0.0375 e. The van der Waals surface area contributed by atoms with Crippen molar-refractivity contribution in [3.63, 3.8) is 0 Å². The Labute approximate surface area is 68.3 Å². The molecule has 0 aromatic rings. The van der Waals surface area contributed by atoms with Gasteiger partial charge in [0.1, 0.15) is 15.7 Å². The van der Waals surface area contributed by atoms with Gasteiger partial charge in [0.05, 0.1) is 12.3 Å². The van der Waals surface area contributed by atoms with Crippen LogP contribution >= 0.6 is 7.26 Å². The Morgan fingerprint density at radius 2 is 1.70 bits per heavy atom. The Morgan fingerprint density at radius 1 is 1.30 bits per heavy atom. The summed E-state index contributed by atoms with van der Waals surface area (Å²) in [4.78, 5) is 0. The summed E-state index contributed by atoms with van der Waals surface area (Å²) in [7, 11) is 10.6. The molecule has 0 aliphatic heterocycles. The average molecular weight is 153 g/mol. The summed E-state index contributed by atoms with van der Waals surface area (Å²) in [6, 6.07) is 0.817.